The van der Waals surface area contributed by atoms with Crippen molar-refractivity contribution in [2.75, 3.05) is 5.75 Å². The van der Waals surface area contributed by atoms with Crippen molar-refractivity contribution in [3.63, 3.8) is 0 Å². The van der Waals surface area contributed by atoms with E-state index in [-0.39, 0.29) is 24.9 Å². The molecule has 0 aromatic carbocycles. The first kappa shape index (κ1) is 26.6. The molecule has 1 fully saturated rings. The summed E-state index contributed by atoms with van der Waals surface area (Å²) in [4.78, 5) is 10.5. The number of rotatable bonds is 16. The molecule has 3 N–H and O–H groups in total. The summed E-state index contributed by atoms with van der Waals surface area (Å²) in [5.74, 6) is 0.0799. The van der Waals surface area contributed by atoms with Gasteiger partial charge in [0, 0.05) is 23.8 Å². The summed E-state index contributed by atoms with van der Waals surface area (Å²) in [6.07, 6.45) is 3.67. The van der Waals surface area contributed by atoms with Gasteiger partial charge in [-0.3, -0.25) is 4.79 Å². The molecular formula is C21H37F3O4S. The highest BCUT2D eigenvalue weighted by molar-refractivity contribution is 7.99. The molecule has 4 nitrogen and oxygen atoms in total. The van der Waals surface area contributed by atoms with Crippen LogP contribution in [0.25, 0.3) is 0 Å². The van der Waals surface area contributed by atoms with E-state index in [1.165, 1.54) is 0 Å². The number of hydrogen-bond donors (Lipinski definition) is 3. The Bertz CT molecular complexity index is 448. The predicted molar refractivity (Wildman–Crippen MR) is 110 cm³/mol. The van der Waals surface area contributed by atoms with Crippen molar-refractivity contribution in [1.29, 1.82) is 0 Å². The van der Waals surface area contributed by atoms with Crippen LogP contribution in [0.2, 0.25) is 0 Å². The summed E-state index contributed by atoms with van der Waals surface area (Å²) >= 11 is 1.71. The summed E-state index contributed by atoms with van der Waals surface area (Å²) in [6, 6.07) is 0. The summed E-state index contributed by atoms with van der Waals surface area (Å²) < 4.78 is 36.2. The number of hydrogen-bond acceptors (Lipinski definition) is 4. The minimum Gasteiger partial charge on any atom is -0.481 e. The predicted octanol–water partition coefficient (Wildman–Crippen LogP) is 5.55. The van der Waals surface area contributed by atoms with E-state index in [0.29, 0.717) is 36.7 Å². The van der Waals surface area contributed by atoms with Crippen LogP contribution >= 0.6 is 11.8 Å². The van der Waals surface area contributed by atoms with Crippen molar-refractivity contribution >= 4 is 17.7 Å². The monoisotopic (exact) mass is 442 g/mol. The van der Waals surface area contributed by atoms with Gasteiger partial charge in [-0.1, -0.05) is 38.5 Å². The van der Waals surface area contributed by atoms with E-state index in [0.717, 1.165) is 44.9 Å². The Morgan fingerprint density at radius 3 is 2.34 bits per heavy atom. The van der Waals surface area contributed by atoms with E-state index in [1.54, 1.807) is 11.8 Å². The molecule has 0 aromatic heterocycles. The SMILES string of the molecule is O=C(O)CCCCCCC1C(O)CCC1SCC(O)CCCCCCC(F)(F)F. The first-order valence-corrected chi connectivity index (χ1v) is 12.0. The zero-order chi connectivity index (χ0) is 21.7. The van der Waals surface area contributed by atoms with Crippen LogP contribution in [-0.4, -0.2) is 50.7 Å². The number of aliphatic carboxylic acids is 1. The molecule has 0 spiro atoms. The second kappa shape index (κ2) is 14.5. The van der Waals surface area contributed by atoms with Crippen LogP contribution in [0.5, 0.6) is 0 Å². The first-order chi connectivity index (χ1) is 13.7. The Balaban J connectivity index is 2.12. The topological polar surface area (TPSA) is 77.8 Å². The molecule has 1 rings (SSSR count). The minimum absolute atomic E-state index is 0.159. The third-order valence-electron chi connectivity index (χ3n) is 5.65. The Labute approximate surface area is 176 Å². The smallest absolute Gasteiger partial charge is 0.389 e. The van der Waals surface area contributed by atoms with Crippen molar-refractivity contribution in [2.45, 2.75) is 114 Å². The van der Waals surface area contributed by atoms with Gasteiger partial charge in [-0.25, -0.2) is 0 Å². The van der Waals surface area contributed by atoms with Gasteiger partial charge in [-0.2, -0.15) is 24.9 Å². The highest BCUT2D eigenvalue weighted by atomic mass is 32.2. The molecule has 0 aliphatic heterocycles. The zero-order valence-corrected chi connectivity index (χ0v) is 18.0. The average molecular weight is 443 g/mol. The summed E-state index contributed by atoms with van der Waals surface area (Å²) in [5.41, 5.74) is 0. The van der Waals surface area contributed by atoms with Crippen molar-refractivity contribution in [1.82, 2.24) is 0 Å². The molecule has 172 valence electrons. The van der Waals surface area contributed by atoms with Crippen molar-refractivity contribution in [2.24, 2.45) is 5.92 Å². The third kappa shape index (κ3) is 13.4. The van der Waals surface area contributed by atoms with Gasteiger partial charge in [-0.15, -0.1) is 0 Å². The lowest BCUT2D eigenvalue weighted by Crippen LogP contribution is -2.22. The van der Waals surface area contributed by atoms with Crippen LogP contribution in [0.15, 0.2) is 0 Å². The summed E-state index contributed by atoms with van der Waals surface area (Å²) in [5, 5.41) is 29.4. The van der Waals surface area contributed by atoms with E-state index >= 15 is 0 Å². The van der Waals surface area contributed by atoms with E-state index in [1.807, 2.05) is 0 Å². The normalized spacial score (nSPS) is 23.4. The highest BCUT2D eigenvalue weighted by Gasteiger charge is 2.34. The van der Waals surface area contributed by atoms with Crippen LogP contribution in [0.3, 0.4) is 0 Å². The fourth-order valence-electron chi connectivity index (χ4n) is 3.98. The fraction of sp³-hybridized carbons (Fsp3) is 0.952. The Morgan fingerprint density at radius 2 is 1.66 bits per heavy atom. The Morgan fingerprint density at radius 1 is 1.00 bits per heavy atom. The number of carbonyl (C=O) groups is 1. The van der Waals surface area contributed by atoms with Gasteiger partial charge in [0.05, 0.1) is 12.2 Å². The largest absolute Gasteiger partial charge is 0.481 e. The molecule has 4 unspecified atom stereocenters. The molecule has 1 aliphatic carbocycles. The molecule has 29 heavy (non-hydrogen) atoms. The molecule has 0 amide bonds. The number of aliphatic hydroxyl groups is 2. The molecule has 0 saturated heterocycles. The lowest BCUT2D eigenvalue weighted by molar-refractivity contribution is -0.137. The van der Waals surface area contributed by atoms with Crippen LogP contribution in [0.4, 0.5) is 13.2 Å². The number of thioether (sulfide) groups is 1. The van der Waals surface area contributed by atoms with Gasteiger partial charge in [0.15, 0.2) is 0 Å². The number of halogens is 3. The number of aliphatic hydroxyl groups excluding tert-OH is 2. The number of carboxylic acids is 1. The van der Waals surface area contributed by atoms with E-state index < -0.39 is 24.7 Å². The Kier molecular flexibility index (Phi) is 13.3. The maximum Gasteiger partial charge on any atom is 0.389 e. The minimum atomic E-state index is -4.07. The second-order valence-electron chi connectivity index (χ2n) is 8.25. The third-order valence-corrected chi connectivity index (χ3v) is 7.24. The van der Waals surface area contributed by atoms with Crippen LogP contribution in [0, 0.1) is 5.92 Å². The zero-order valence-electron chi connectivity index (χ0n) is 17.2. The molecule has 1 saturated carbocycles. The molecule has 0 radical (unpaired) electrons. The molecule has 4 atom stereocenters. The second-order valence-corrected chi connectivity index (χ2v) is 9.52. The van der Waals surface area contributed by atoms with Crippen LogP contribution in [0.1, 0.15) is 89.9 Å². The maximum atomic E-state index is 12.1. The fourth-order valence-corrected chi connectivity index (χ4v) is 5.49. The van der Waals surface area contributed by atoms with Gasteiger partial charge in [0.2, 0.25) is 0 Å². The van der Waals surface area contributed by atoms with E-state index in [9.17, 15) is 28.2 Å². The van der Waals surface area contributed by atoms with Gasteiger partial charge in [0.1, 0.15) is 0 Å². The van der Waals surface area contributed by atoms with Gasteiger partial charge >= 0.3 is 12.1 Å². The van der Waals surface area contributed by atoms with E-state index in [4.69, 9.17) is 5.11 Å². The van der Waals surface area contributed by atoms with Gasteiger partial charge in [-0.05, 0) is 44.4 Å². The van der Waals surface area contributed by atoms with Gasteiger partial charge in [0.25, 0.3) is 0 Å². The van der Waals surface area contributed by atoms with E-state index in [2.05, 4.69) is 0 Å². The molecule has 1 aliphatic rings. The quantitative estimate of drug-likeness (QED) is 0.273. The molecular weight excluding hydrogens is 405 g/mol. The van der Waals surface area contributed by atoms with Crippen LogP contribution < -0.4 is 0 Å². The Hall–Kier alpha value is -0.470. The summed E-state index contributed by atoms with van der Waals surface area (Å²) in [7, 11) is 0. The van der Waals surface area contributed by atoms with Crippen LogP contribution in [-0.2, 0) is 4.79 Å². The lowest BCUT2D eigenvalue weighted by atomic mass is 9.97. The van der Waals surface area contributed by atoms with Crippen molar-refractivity contribution in [3.05, 3.63) is 0 Å². The van der Waals surface area contributed by atoms with Crippen molar-refractivity contribution in [3.8, 4) is 0 Å². The summed E-state index contributed by atoms with van der Waals surface area (Å²) in [6.45, 7) is 0. The highest BCUT2D eigenvalue weighted by Crippen LogP contribution is 2.39. The number of unbranched alkanes of at least 4 members (excludes halogenated alkanes) is 6. The molecule has 8 heteroatoms. The van der Waals surface area contributed by atoms with Crippen molar-refractivity contribution < 1.29 is 33.3 Å². The maximum absolute atomic E-state index is 12.1. The van der Waals surface area contributed by atoms with Gasteiger partial charge < -0.3 is 15.3 Å². The average Bonchev–Trinajstić information content (AvgIpc) is 2.98. The standard InChI is InChI=1S/C21H37F3O4S/c22-21(23,24)14-8-4-3-5-9-16(25)15-29-19-13-12-18(26)17(19)10-6-1-2-7-11-20(27)28/h16-19,25-26H,1-15H2,(H,27,28). The number of carboxylic acid groups (broad SMARTS) is 1. The molecule has 0 heterocycles. The first-order valence-electron chi connectivity index (χ1n) is 11.0. The molecule has 0 aromatic rings. The molecule has 0 bridgehead atoms. The number of alkyl halides is 3. The lowest BCUT2D eigenvalue weighted by Gasteiger charge is -2.23.